The van der Waals surface area contributed by atoms with Crippen LogP contribution >= 0.6 is 0 Å². The third-order valence-electron chi connectivity index (χ3n) is 6.15. The molecule has 0 saturated carbocycles. The van der Waals surface area contributed by atoms with Crippen molar-refractivity contribution in [2.75, 3.05) is 38.2 Å². The number of methoxy groups -OCH3 is 1. The lowest BCUT2D eigenvalue weighted by atomic mass is 9.97. The highest BCUT2D eigenvalue weighted by Gasteiger charge is 2.26. The molecule has 0 aliphatic carbocycles. The summed E-state index contributed by atoms with van der Waals surface area (Å²) in [6.45, 7) is 4.19. The number of hydrogen-bond acceptors (Lipinski definition) is 3. The molecule has 0 spiro atoms. The maximum atomic E-state index is 12.4. The highest BCUT2D eigenvalue weighted by Crippen LogP contribution is 2.33. The molecule has 4 rings (SSSR count). The molecule has 1 saturated heterocycles. The summed E-state index contributed by atoms with van der Waals surface area (Å²) in [5.74, 6) is 1.85. The molecule has 2 aliphatic heterocycles. The van der Waals surface area contributed by atoms with Crippen LogP contribution in [-0.4, -0.2) is 44.1 Å². The molecule has 2 aromatic carbocycles. The second kappa shape index (κ2) is 8.78. The van der Waals surface area contributed by atoms with Crippen LogP contribution < -0.4 is 9.64 Å². The van der Waals surface area contributed by atoms with E-state index in [1.54, 1.807) is 7.11 Å². The van der Waals surface area contributed by atoms with Gasteiger partial charge in [0.2, 0.25) is 5.91 Å². The molecule has 0 radical (unpaired) electrons. The quantitative estimate of drug-likeness (QED) is 0.676. The van der Waals surface area contributed by atoms with E-state index in [4.69, 9.17) is 4.74 Å². The van der Waals surface area contributed by atoms with E-state index >= 15 is 0 Å². The number of rotatable bonds is 7. The third kappa shape index (κ3) is 4.07. The van der Waals surface area contributed by atoms with Gasteiger partial charge in [0.05, 0.1) is 7.11 Å². The van der Waals surface area contributed by atoms with Crippen molar-refractivity contribution in [3.8, 4) is 5.75 Å². The highest BCUT2D eigenvalue weighted by molar-refractivity contribution is 5.96. The number of carbonyl (C=O) groups excluding carboxylic acids is 1. The number of para-hydroxylation sites is 2. The van der Waals surface area contributed by atoms with Crippen molar-refractivity contribution in [1.29, 1.82) is 0 Å². The first-order chi connectivity index (χ1) is 13.8. The zero-order valence-corrected chi connectivity index (χ0v) is 16.8. The summed E-state index contributed by atoms with van der Waals surface area (Å²) in [5, 5.41) is 0. The van der Waals surface area contributed by atoms with Gasteiger partial charge < -0.3 is 14.5 Å². The van der Waals surface area contributed by atoms with Crippen LogP contribution in [0.3, 0.4) is 0 Å². The molecule has 0 aromatic heterocycles. The molecule has 0 N–H and O–H groups in total. The smallest absolute Gasteiger partial charge is 0.227 e. The number of carbonyl (C=O) groups is 1. The van der Waals surface area contributed by atoms with Crippen molar-refractivity contribution in [1.82, 2.24) is 4.90 Å². The Bertz CT molecular complexity index is 820. The summed E-state index contributed by atoms with van der Waals surface area (Å²) in [4.78, 5) is 16.9. The van der Waals surface area contributed by atoms with Crippen LogP contribution in [0, 0.1) is 0 Å². The van der Waals surface area contributed by atoms with E-state index in [2.05, 4.69) is 41.3 Å². The van der Waals surface area contributed by atoms with Crippen LogP contribution in [0.25, 0.3) is 0 Å². The maximum Gasteiger partial charge on any atom is 0.227 e. The molecule has 1 unspecified atom stereocenters. The number of hydrogen-bond donors (Lipinski definition) is 0. The van der Waals surface area contributed by atoms with E-state index in [1.807, 2.05) is 17.0 Å². The molecule has 2 heterocycles. The molecule has 4 nitrogen and oxygen atoms in total. The molecule has 2 aromatic rings. The lowest BCUT2D eigenvalue weighted by molar-refractivity contribution is -0.118. The summed E-state index contributed by atoms with van der Waals surface area (Å²) < 4.78 is 5.54. The Morgan fingerprint density at radius 2 is 1.79 bits per heavy atom. The van der Waals surface area contributed by atoms with Crippen LogP contribution in [0.4, 0.5) is 5.69 Å². The fourth-order valence-electron chi connectivity index (χ4n) is 4.64. The topological polar surface area (TPSA) is 32.8 Å². The molecular formula is C24H30N2O2. The van der Waals surface area contributed by atoms with Crippen molar-refractivity contribution in [3.05, 3.63) is 59.7 Å². The van der Waals surface area contributed by atoms with Crippen LogP contribution in [0.2, 0.25) is 0 Å². The van der Waals surface area contributed by atoms with E-state index in [9.17, 15) is 4.79 Å². The lowest BCUT2D eigenvalue weighted by Crippen LogP contribution is -2.36. The lowest BCUT2D eigenvalue weighted by Gasteiger charge is -2.29. The number of aryl methyl sites for hydroxylation is 1. The van der Waals surface area contributed by atoms with Gasteiger partial charge in [-0.05, 0) is 62.0 Å². The molecular weight excluding hydrogens is 348 g/mol. The molecule has 1 atom stereocenters. The predicted octanol–water partition coefficient (Wildman–Crippen LogP) is 4.24. The minimum absolute atomic E-state index is 0.274. The molecule has 2 aliphatic rings. The number of nitrogens with zero attached hydrogens (tertiary/aromatic N) is 2. The predicted molar refractivity (Wildman–Crippen MR) is 113 cm³/mol. The van der Waals surface area contributed by atoms with Gasteiger partial charge in [-0.2, -0.15) is 0 Å². The maximum absolute atomic E-state index is 12.4. The standard InChI is InChI=1S/C24H30N2O2/c1-28-23-11-5-3-9-21(23)20-14-17-25(18-20)15-6-7-16-26-22-10-4-2-8-19(22)12-13-24(26)27/h2-5,8-11,20H,6-7,12-18H2,1H3. The average Bonchev–Trinajstić information content (AvgIpc) is 3.21. The second-order valence-electron chi connectivity index (χ2n) is 7.91. The Balaban J connectivity index is 1.26. The number of fused-ring (bicyclic) bond motifs is 1. The van der Waals surface area contributed by atoms with E-state index in [1.165, 1.54) is 17.5 Å². The largest absolute Gasteiger partial charge is 0.496 e. The van der Waals surface area contributed by atoms with E-state index < -0.39 is 0 Å². The molecule has 0 bridgehead atoms. The summed E-state index contributed by atoms with van der Waals surface area (Å²) in [5.41, 5.74) is 3.76. The highest BCUT2D eigenvalue weighted by atomic mass is 16.5. The Hall–Kier alpha value is -2.33. The van der Waals surface area contributed by atoms with Gasteiger partial charge in [-0.15, -0.1) is 0 Å². The minimum atomic E-state index is 0.274. The number of likely N-dealkylation sites (tertiary alicyclic amines) is 1. The zero-order valence-electron chi connectivity index (χ0n) is 16.8. The fourth-order valence-corrected chi connectivity index (χ4v) is 4.64. The van der Waals surface area contributed by atoms with Crippen LogP contribution in [-0.2, 0) is 11.2 Å². The number of amides is 1. The second-order valence-corrected chi connectivity index (χ2v) is 7.91. The minimum Gasteiger partial charge on any atom is -0.496 e. The van der Waals surface area contributed by atoms with Crippen molar-refractivity contribution >= 4 is 11.6 Å². The number of unbranched alkanes of at least 4 members (excludes halogenated alkanes) is 1. The van der Waals surface area contributed by atoms with E-state index in [0.717, 1.165) is 56.9 Å². The summed E-state index contributed by atoms with van der Waals surface area (Å²) in [6.07, 6.45) is 4.90. The zero-order chi connectivity index (χ0) is 19.3. The fraction of sp³-hybridized carbons (Fsp3) is 0.458. The van der Waals surface area contributed by atoms with Gasteiger partial charge in [0.1, 0.15) is 5.75 Å². The molecule has 148 valence electrons. The molecule has 1 fully saturated rings. The first-order valence-corrected chi connectivity index (χ1v) is 10.5. The summed E-state index contributed by atoms with van der Waals surface area (Å²) in [7, 11) is 1.76. The Morgan fingerprint density at radius 3 is 2.68 bits per heavy atom. The van der Waals surface area contributed by atoms with Crippen LogP contribution in [0.5, 0.6) is 5.75 Å². The van der Waals surface area contributed by atoms with E-state index in [-0.39, 0.29) is 5.91 Å². The molecule has 4 heteroatoms. The van der Waals surface area contributed by atoms with Gasteiger partial charge in [-0.25, -0.2) is 0 Å². The van der Waals surface area contributed by atoms with Gasteiger partial charge >= 0.3 is 0 Å². The van der Waals surface area contributed by atoms with Gasteiger partial charge in [-0.3, -0.25) is 4.79 Å². The first kappa shape index (κ1) is 19.0. The number of ether oxygens (including phenoxy) is 1. The van der Waals surface area contributed by atoms with Crippen molar-refractivity contribution in [2.45, 2.75) is 38.0 Å². The average molecular weight is 379 g/mol. The van der Waals surface area contributed by atoms with Crippen molar-refractivity contribution in [3.63, 3.8) is 0 Å². The number of benzene rings is 2. The Labute approximate surface area is 168 Å². The van der Waals surface area contributed by atoms with E-state index in [0.29, 0.717) is 12.3 Å². The Kier molecular flexibility index (Phi) is 5.96. The SMILES string of the molecule is COc1ccccc1C1CCN(CCCCN2C(=O)CCc3ccccc32)C1. The molecule has 28 heavy (non-hydrogen) atoms. The van der Waals surface area contributed by atoms with Gasteiger partial charge in [0.25, 0.3) is 0 Å². The third-order valence-corrected chi connectivity index (χ3v) is 6.15. The first-order valence-electron chi connectivity index (χ1n) is 10.5. The summed E-state index contributed by atoms with van der Waals surface area (Å²) in [6, 6.07) is 16.7. The monoisotopic (exact) mass is 378 g/mol. The van der Waals surface area contributed by atoms with Crippen LogP contribution in [0.15, 0.2) is 48.5 Å². The molecule has 1 amide bonds. The number of anilines is 1. The van der Waals surface area contributed by atoms with Gasteiger partial charge in [0, 0.05) is 31.1 Å². The van der Waals surface area contributed by atoms with Gasteiger partial charge in [0.15, 0.2) is 0 Å². The van der Waals surface area contributed by atoms with Crippen LogP contribution in [0.1, 0.15) is 42.7 Å². The Morgan fingerprint density at radius 1 is 1.00 bits per heavy atom. The van der Waals surface area contributed by atoms with Crippen molar-refractivity contribution in [2.24, 2.45) is 0 Å². The van der Waals surface area contributed by atoms with Crippen molar-refractivity contribution < 1.29 is 9.53 Å². The summed E-state index contributed by atoms with van der Waals surface area (Å²) >= 11 is 0. The van der Waals surface area contributed by atoms with Gasteiger partial charge in [-0.1, -0.05) is 36.4 Å². The normalized spacial score (nSPS) is 19.7.